The van der Waals surface area contributed by atoms with Crippen molar-refractivity contribution in [3.8, 4) is 5.75 Å². The van der Waals surface area contributed by atoms with Crippen molar-refractivity contribution >= 4 is 0 Å². The number of hydrogen-bond acceptors (Lipinski definition) is 3. The highest BCUT2D eigenvalue weighted by molar-refractivity contribution is 5.37. The van der Waals surface area contributed by atoms with Gasteiger partial charge in [0.1, 0.15) is 5.75 Å². The van der Waals surface area contributed by atoms with Gasteiger partial charge in [0.05, 0.1) is 12.9 Å². The molecule has 0 radical (unpaired) electrons. The van der Waals surface area contributed by atoms with Gasteiger partial charge < -0.3 is 9.84 Å². The first kappa shape index (κ1) is 15.6. The Balaban J connectivity index is 1.82. The van der Waals surface area contributed by atoms with E-state index >= 15 is 0 Å². The third-order valence-corrected chi connectivity index (χ3v) is 4.66. The second-order valence-electron chi connectivity index (χ2n) is 6.12. The van der Waals surface area contributed by atoms with E-state index in [9.17, 15) is 5.11 Å². The summed E-state index contributed by atoms with van der Waals surface area (Å²) in [5, 5.41) is 10.2. The average Bonchev–Trinajstić information content (AvgIpc) is 2.99. The van der Waals surface area contributed by atoms with Crippen LogP contribution in [0.3, 0.4) is 0 Å². The molecule has 3 nitrogen and oxygen atoms in total. The Labute approximate surface area is 137 Å². The Morgan fingerprint density at radius 3 is 2.52 bits per heavy atom. The number of aromatic hydroxyl groups is 1. The van der Waals surface area contributed by atoms with Gasteiger partial charge in [-0.2, -0.15) is 0 Å². The molecule has 3 rings (SSSR count). The lowest BCUT2D eigenvalue weighted by atomic mass is 9.87. The van der Waals surface area contributed by atoms with Gasteiger partial charge >= 0.3 is 0 Å². The highest BCUT2D eigenvalue weighted by atomic mass is 16.5. The van der Waals surface area contributed by atoms with Crippen LogP contribution in [-0.2, 0) is 11.3 Å². The summed E-state index contributed by atoms with van der Waals surface area (Å²) < 4.78 is 5.42. The first-order chi connectivity index (χ1) is 11.2. The molecule has 0 unspecified atom stereocenters. The fourth-order valence-corrected chi connectivity index (χ4v) is 3.45. The van der Waals surface area contributed by atoms with Crippen LogP contribution < -0.4 is 0 Å². The number of nitrogens with zero attached hydrogens (tertiary/aromatic N) is 1. The SMILES string of the molecule is C=C(OC)[C@H]1CN(Cc2ccccc2)C[C@@H]1c1ccccc1O. The predicted octanol–water partition coefficient (Wildman–Crippen LogP) is 3.77. The maximum Gasteiger partial charge on any atom is 0.119 e. The molecule has 1 aliphatic rings. The molecule has 1 fully saturated rings. The van der Waals surface area contributed by atoms with E-state index in [0.717, 1.165) is 31.0 Å². The van der Waals surface area contributed by atoms with E-state index in [1.54, 1.807) is 13.2 Å². The Bertz CT molecular complexity index is 668. The molecule has 1 N–H and O–H groups in total. The van der Waals surface area contributed by atoms with E-state index in [0.29, 0.717) is 5.75 Å². The van der Waals surface area contributed by atoms with Crippen molar-refractivity contribution < 1.29 is 9.84 Å². The second-order valence-corrected chi connectivity index (χ2v) is 6.12. The van der Waals surface area contributed by atoms with Gasteiger partial charge in [0, 0.05) is 31.5 Å². The van der Waals surface area contributed by atoms with Crippen molar-refractivity contribution in [3.05, 3.63) is 78.1 Å². The highest BCUT2D eigenvalue weighted by Crippen LogP contribution is 2.40. The van der Waals surface area contributed by atoms with Gasteiger partial charge in [-0.05, 0) is 17.2 Å². The molecule has 0 aliphatic carbocycles. The number of rotatable bonds is 5. The van der Waals surface area contributed by atoms with Crippen LogP contribution in [0.25, 0.3) is 0 Å². The van der Waals surface area contributed by atoms with Crippen molar-refractivity contribution in [1.82, 2.24) is 4.90 Å². The van der Waals surface area contributed by atoms with E-state index in [2.05, 4.69) is 35.7 Å². The quantitative estimate of drug-likeness (QED) is 0.854. The van der Waals surface area contributed by atoms with Gasteiger partial charge in [-0.3, -0.25) is 4.90 Å². The number of para-hydroxylation sites is 1. The number of phenols is 1. The van der Waals surface area contributed by atoms with Crippen LogP contribution in [0.4, 0.5) is 0 Å². The summed E-state index contributed by atoms with van der Waals surface area (Å²) in [4.78, 5) is 2.40. The van der Waals surface area contributed by atoms with Crippen LogP contribution in [0.2, 0.25) is 0 Å². The highest BCUT2D eigenvalue weighted by Gasteiger charge is 2.37. The van der Waals surface area contributed by atoms with E-state index in [-0.39, 0.29) is 11.8 Å². The van der Waals surface area contributed by atoms with Crippen molar-refractivity contribution in [2.24, 2.45) is 5.92 Å². The number of phenolic OH excluding ortho intramolecular Hbond substituents is 1. The Kier molecular flexibility index (Phi) is 4.68. The molecule has 1 aliphatic heterocycles. The molecular formula is C20H23NO2. The fraction of sp³-hybridized carbons (Fsp3) is 0.300. The van der Waals surface area contributed by atoms with E-state index < -0.39 is 0 Å². The molecule has 0 bridgehead atoms. The van der Waals surface area contributed by atoms with Crippen molar-refractivity contribution in [1.29, 1.82) is 0 Å². The summed E-state index contributed by atoms with van der Waals surface area (Å²) >= 11 is 0. The molecule has 0 spiro atoms. The largest absolute Gasteiger partial charge is 0.508 e. The number of likely N-dealkylation sites (tertiary alicyclic amines) is 1. The smallest absolute Gasteiger partial charge is 0.119 e. The number of hydrogen-bond donors (Lipinski definition) is 1. The van der Waals surface area contributed by atoms with Crippen LogP contribution in [-0.4, -0.2) is 30.2 Å². The zero-order valence-electron chi connectivity index (χ0n) is 13.5. The fourth-order valence-electron chi connectivity index (χ4n) is 3.45. The third kappa shape index (κ3) is 3.40. The van der Waals surface area contributed by atoms with Crippen LogP contribution in [0.15, 0.2) is 66.9 Å². The molecule has 23 heavy (non-hydrogen) atoms. The minimum Gasteiger partial charge on any atom is -0.508 e. The Morgan fingerprint density at radius 2 is 1.83 bits per heavy atom. The van der Waals surface area contributed by atoms with Gasteiger partial charge in [0.25, 0.3) is 0 Å². The van der Waals surface area contributed by atoms with Gasteiger partial charge in [-0.15, -0.1) is 0 Å². The predicted molar refractivity (Wildman–Crippen MR) is 92.2 cm³/mol. The molecule has 1 saturated heterocycles. The molecule has 2 atom stereocenters. The van der Waals surface area contributed by atoms with Gasteiger partial charge in [-0.25, -0.2) is 0 Å². The molecule has 3 heteroatoms. The zero-order chi connectivity index (χ0) is 16.2. The normalized spacial score (nSPS) is 21.3. The number of methoxy groups -OCH3 is 1. The average molecular weight is 309 g/mol. The molecule has 120 valence electrons. The van der Waals surface area contributed by atoms with E-state index in [1.807, 2.05) is 24.3 Å². The van der Waals surface area contributed by atoms with Crippen LogP contribution in [0.1, 0.15) is 17.0 Å². The van der Waals surface area contributed by atoms with Gasteiger partial charge in [0.15, 0.2) is 0 Å². The minimum absolute atomic E-state index is 0.192. The Hall–Kier alpha value is -2.26. The maximum absolute atomic E-state index is 10.2. The lowest BCUT2D eigenvalue weighted by molar-refractivity contribution is 0.232. The topological polar surface area (TPSA) is 32.7 Å². The van der Waals surface area contributed by atoms with Crippen molar-refractivity contribution in [2.45, 2.75) is 12.5 Å². The first-order valence-corrected chi connectivity index (χ1v) is 7.96. The lowest BCUT2D eigenvalue weighted by Crippen LogP contribution is -2.20. The number of benzene rings is 2. The standard InChI is InChI=1S/C20H23NO2/c1-15(23-2)18-13-21(12-16-8-4-3-5-9-16)14-19(18)17-10-6-7-11-20(17)22/h3-11,18-19,22H,1,12-14H2,2H3/t18-,19-/m1/s1. The minimum atomic E-state index is 0.192. The summed E-state index contributed by atoms with van der Waals surface area (Å²) in [5.74, 6) is 1.53. The van der Waals surface area contributed by atoms with Gasteiger partial charge in [-0.1, -0.05) is 55.1 Å². The summed E-state index contributed by atoms with van der Waals surface area (Å²) in [5.41, 5.74) is 2.28. The van der Waals surface area contributed by atoms with E-state index in [4.69, 9.17) is 4.74 Å². The molecular weight excluding hydrogens is 286 g/mol. The summed E-state index contributed by atoms with van der Waals surface area (Å²) in [6, 6.07) is 18.0. The molecule has 2 aromatic carbocycles. The van der Waals surface area contributed by atoms with Crippen LogP contribution in [0, 0.1) is 5.92 Å². The zero-order valence-corrected chi connectivity index (χ0v) is 13.5. The monoisotopic (exact) mass is 309 g/mol. The van der Waals surface area contributed by atoms with Crippen LogP contribution in [0.5, 0.6) is 5.75 Å². The van der Waals surface area contributed by atoms with Gasteiger partial charge in [0.2, 0.25) is 0 Å². The van der Waals surface area contributed by atoms with Crippen LogP contribution >= 0.6 is 0 Å². The first-order valence-electron chi connectivity index (χ1n) is 7.96. The third-order valence-electron chi connectivity index (χ3n) is 4.66. The molecule has 1 heterocycles. The lowest BCUT2D eigenvalue weighted by Gasteiger charge is -2.20. The summed E-state index contributed by atoms with van der Waals surface area (Å²) in [6.07, 6.45) is 0. The van der Waals surface area contributed by atoms with E-state index in [1.165, 1.54) is 5.56 Å². The Morgan fingerprint density at radius 1 is 1.13 bits per heavy atom. The molecule has 0 saturated carbocycles. The molecule has 0 aromatic heterocycles. The molecule has 2 aromatic rings. The maximum atomic E-state index is 10.2. The van der Waals surface area contributed by atoms with Crippen molar-refractivity contribution in [3.63, 3.8) is 0 Å². The second kappa shape index (κ2) is 6.88. The summed E-state index contributed by atoms with van der Waals surface area (Å²) in [6.45, 7) is 6.75. The number of ether oxygens (including phenoxy) is 1. The molecule has 0 amide bonds. The summed E-state index contributed by atoms with van der Waals surface area (Å²) in [7, 11) is 1.67. The van der Waals surface area contributed by atoms with Crippen molar-refractivity contribution in [2.75, 3.05) is 20.2 Å².